The van der Waals surface area contributed by atoms with Crippen molar-refractivity contribution in [2.45, 2.75) is 116 Å². The van der Waals surface area contributed by atoms with Crippen molar-refractivity contribution in [2.24, 2.45) is 63.6 Å². The van der Waals surface area contributed by atoms with Gasteiger partial charge in [-0.25, -0.2) is 39.9 Å². The summed E-state index contributed by atoms with van der Waals surface area (Å²) in [4.78, 5) is 40.4. The highest BCUT2D eigenvalue weighted by molar-refractivity contribution is 5.99. The van der Waals surface area contributed by atoms with Gasteiger partial charge in [-0.2, -0.15) is 0 Å². The van der Waals surface area contributed by atoms with Gasteiger partial charge in [0.2, 0.25) is 47.2 Å². The molecule has 4 aliphatic heterocycles. The molecule has 4 aliphatic rings. The third-order valence-corrected chi connectivity index (χ3v) is 9.91. The molecule has 0 bridgehead atoms. The molecule has 0 aromatic heterocycles. The summed E-state index contributed by atoms with van der Waals surface area (Å²) in [7, 11) is 12.5. The van der Waals surface area contributed by atoms with Gasteiger partial charge in [0.1, 0.15) is 36.4 Å². The van der Waals surface area contributed by atoms with Crippen LogP contribution in [0.25, 0.3) is 0 Å². The first-order chi connectivity index (χ1) is 26.2. The summed E-state index contributed by atoms with van der Waals surface area (Å²) in [5.41, 5.74) is 0. The van der Waals surface area contributed by atoms with E-state index in [1.165, 1.54) is 0 Å². The molecule has 17 nitrogen and oxygen atoms in total. The quantitative estimate of drug-likeness (QED) is 0.320. The highest BCUT2D eigenvalue weighted by Gasteiger charge is 2.51. The average Bonchev–Trinajstić information content (AvgIpc) is 3.18. The van der Waals surface area contributed by atoms with Crippen molar-refractivity contribution < 1.29 is 42.6 Å². The first kappa shape index (κ1) is 43.4. The van der Waals surface area contributed by atoms with Gasteiger partial charge in [0.15, 0.2) is 24.2 Å². The van der Waals surface area contributed by atoms with E-state index in [1.807, 2.05) is 55.4 Å². The molecule has 0 saturated heterocycles. The van der Waals surface area contributed by atoms with Gasteiger partial charge in [0, 0.05) is 0 Å². The van der Waals surface area contributed by atoms with Crippen LogP contribution in [-0.4, -0.2) is 165 Å². The normalized spacial score (nSPS) is 28.5. The van der Waals surface area contributed by atoms with Gasteiger partial charge in [0.05, 0.1) is 56.9 Å². The van der Waals surface area contributed by atoms with Crippen molar-refractivity contribution in [3.05, 3.63) is 0 Å². The van der Waals surface area contributed by atoms with Crippen molar-refractivity contribution in [3.63, 3.8) is 0 Å². The van der Waals surface area contributed by atoms with E-state index < -0.39 is 60.5 Å². The Balaban J connectivity index is 2.05. The lowest BCUT2D eigenvalue weighted by Crippen LogP contribution is -2.58. The molecule has 55 heavy (non-hydrogen) atoms. The molecule has 17 heteroatoms. The predicted octanol–water partition coefficient (Wildman–Crippen LogP) is 3.73. The summed E-state index contributed by atoms with van der Waals surface area (Å²) in [5, 5.41) is 0. The average molecular weight is 775 g/mol. The number of ether oxygens (including phenoxy) is 9. The third-order valence-electron chi connectivity index (χ3n) is 9.91. The Morgan fingerprint density at radius 1 is 0.273 bits per heavy atom. The van der Waals surface area contributed by atoms with E-state index in [-0.39, 0.29) is 23.7 Å². The molecule has 4 heterocycles. The van der Waals surface area contributed by atoms with Crippen LogP contribution in [0.3, 0.4) is 0 Å². The van der Waals surface area contributed by atoms with Gasteiger partial charge in [-0.15, -0.1) is 0 Å². The number of rotatable bonds is 10. The van der Waals surface area contributed by atoms with Crippen molar-refractivity contribution in [1.29, 1.82) is 0 Å². The number of methoxy groups -OCH3 is 8. The Hall–Kier alpha value is -4.28. The summed E-state index contributed by atoms with van der Waals surface area (Å²) < 4.78 is 54.8. The van der Waals surface area contributed by atoms with E-state index in [0.717, 1.165) is 0 Å². The lowest BCUT2D eigenvalue weighted by Gasteiger charge is -2.41. The van der Waals surface area contributed by atoms with Crippen LogP contribution in [0, 0.1) is 23.7 Å². The molecular formula is C38H62N8O9. The number of nitrogens with zero attached hydrogens (tertiary/aromatic N) is 8. The van der Waals surface area contributed by atoms with Gasteiger partial charge in [-0.3, -0.25) is 0 Å². The second-order valence-corrected chi connectivity index (χ2v) is 15.0. The maximum Gasteiger partial charge on any atom is 0.212 e. The predicted molar refractivity (Wildman–Crippen MR) is 214 cm³/mol. The standard InChI is InChI=1S/C38H62N8O9/c1-17(2)21-31(47-9)43-25(35(39-21)51-13)29(26-36(52-14)40-22(18(3)4)32(44-26)48-10)55-30(27-37(53-15)41-23(19(5)6)33(45-27)49-11)28-38(54-16)42-24(20(7)8)34(46-28)50-12/h17-30H,1-16H3/t21-,22-,23-,24-,25+,26+,27+,28+/m1/s1. The maximum absolute atomic E-state index is 7.40. The van der Waals surface area contributed by atoms with Crippen LogP contribution < -0.4 is 0 Å². The zero-order chi connectivity index (χ0) is 40.7. The fraction of sp³-hybridized carbons (Fsp3) is 0.789. The fourth-order valence-electron chi connectivity index (χ4n) is 6.95. The molecule has 0 aromatic rings. The third kappa shape index (κ3) is 9.07. The van der Waals surface area contributed by atoms with Crippen LogP contribution in [0.15, 0.2) is 39.9 Å². The van der Waals surface area contributed by atoms with Crippen LogP contribution in [0.5, 0.6) is 0 Å². The fourth-order valence-corrected chi connectivity index (χ4v) is 6.95. The van der Waals surface area contributed by atoms with Crippen LogP contribution in [0.4, 0.5) is 0 Å². The lowest BCUT2D eigenvalue weighted by molar-refractivity contribution is -0.0347. The smallest absolute Gasteiger partial charge is 0.212 e. The molecule has 0 saturated carbocycles. The summed E-state index contributed by atoms with van der Waals surface area (Å²) in [6.45, 7) is 16.3. The lowest BCUT2D eigenvalue weighted by atomic mass is 9.93. The molecule has 0 aliphatic carbocycles. The van der Waals surface area contributed by atoms with Crippen molar-refractivity contribution in [1.82, 2.24) is 0 Å². The second-order valence-electron chi connectivity index (χ2n) is 15.0. The summed E-state index contributed by atoms with van der Waals surface area (Å²) >= 11 is 0. The molecule has 0 aromatic carbocycles. The monoisotopic (exact) mass is 774 g/mol. The zero-order valence-electron chi connectivity index (χ0n) is 35.3. The first-order valence-electron chi connectivity index (χ1n) is 18.8. The van der Waals surface area contributed by atoms with Gasteiger partial charge < -0.3 is 42.6 Å². The van der Waals surface area contributed by atoms with Crippen molar-refractivity contribution in [3.8, 4) is 0 Å². The number of aliphatic imine (C=N–C) groups is 8. The molecule has 8 atom stereocenters. The van der Waals surface area contributed by atoms with Crippen LogP contribution >= 0.6 is 0 Å². The van der Waals surface area contributed by atoms with Crippen LogP contribution in [-0.2, 0) is 42.6 Å². The van der Waals surface area contributed by atoms with Crippen molar-refractivity contribution in [2.75, 3.05) is 56.9 Å². The van der Waals surface area contributed by atoms with Crippen molar-refractivity contribution >= 4 is 47.2 Å². The van der Waals surface area contributed by atoms with E-state index in [4.69, 9.17) is 82.6 Å². The number of hydrogen-bond donors (Lipinski definition) is 0. The summed E-state index contributed by atoms with van der Waals surface area (Å²) in [6, 6.07) is -5.33. The Labute approximate surface area is 325 Å². The molecule has 0 amide bonds. The zero-order valence-corrected chi connectivity index (χ0v) is 35.3. The van der Waals surface area contributed by atoms with Gasteiger partial charge in [0.25, 0.3) is 0 Å². The first-order valence-corrected chi connectivity index (χ1v) is 18.8. The molecule has 308 valence electrons. The van der Waals surface area contributed by atoms with E-state index >= 15 is 0 Å². The van der Waals surface area contributed by atoms with Crippen LogP contribution in [0.1, 0.15) is 55.4 Å². The minimum Gasteiger partial charge on any atom is -0.483 e. The molecule has 4 rings (SSSR count). The van der Waals surface area contributed by atoms with Gasteiger partial charge in [-0.1, -0.05) is 55.4 Å². The highest BCUT2D eigenvalue weighted by Crippen LogP contribution is 2.33. The van der Waals surface area contributed by atoms with E-state index in [1.54, 1.807) is 56.9 Å². The minimum absolute atomic E-state index is 0.0458. The topological polar surface area (TPSA) is 182 Å². The molecular weight excluding hydrogens is 712 g/mol. The van der Waals surface area contributed by atoms with E-state index in [9.17, 15) is 0 Å². The van der Waals surface area contributed by atoms with Gasteiger partial charge >= 0.3 is 0 Å². The second kappa shape index (κ2) is 19.0. The van der Waals surface area contributed by atoms with Crippen LogP contribution in [0.2, 0.25) is 0 Å². The molecule has 0 radical (unpaired) electrons. The Kier molecular flexibility index (Phi) is 15.0. The van der Waals surface area contributed by atoms with E-state index in [0.29, 0.717) is 47.2 Å². The maximum atomic E-state index is 7.40. The largest absolute Gasteiger partial charge is 0.483 e. The highest BCUT2D eigenvalue weighted by atomic mass is 16.5. The summed E-state index contributed by atoms with van der Waals surface area (Å²) in [5.74, 6) is 3.00. The summed E-state index contributed by atoms with van der Waals surface area (Å²) in [6.07, 6.45) is -2.11. The molecule has 0 unspecified atom stereocenters. The Morgan fingerprint density at radius 3 is 0.564 bits per heavy atom. The molecule has 0 fully saturated rings. The van der Waals surface area contributed by atoms with Gasteiger partial charge in [-0.05, 0) is 23.7 Å². The Morgan fingerprint density at radius 2 is 0.418 bits per heavy atom. The Bertz CT molecular complexity index is 1360. The molecule has 0 N–H and O–H groups in total. The minimum atomic E-state index is -1.05. The SMILES string of the molecule is COC1=N[C@H](C(C)C)C(OC)=N[C@H]1C(OC([C@@H]1N=C(OC)[C@@H](C(C)C)N=C1OC)[C@@H]1N=C(OC)[C@@H](C(C)C)N=C1OC)[C@@H]1N=C(OC)[C@@H](C(C)C)N=C1OC. The molecule has 0 spiro atoms. The van der Waals surface area contributed by atoms with E-state index in [2.05, 4.69) is 0 Å². The number of hydrogen-bond acceptors (Lipinski definition) is 17.